The maximum Gasteiger partial charge on any atom is 0.158 e. The molecule has 0 aliphatic carbocycles. The van der Waals surface area contributed by atoms with Crippen molar-refractivity contribution in [3.05, 3.63) is 11.9 Å². The molecule has 0 spiro atoms. The predicted octanol–water partition coefficient (Wildman–Crippen LogP) is 0.340. The minimum atomic E-state index is 0.369. The van der Waals surface area contributed by atoms with E-state index < -0.39 is 0 Å². The molecule has 0 saturated heterocycles. The Morgan fingerprint density at radius 1 is 1.43 bits per heavy atom. The third-order valence-corrected chi connectivity index (χ3v) is 1.55. The second kappa shape index (κ2) is 5.36. The van der Waals surface area contributed by atoms with Gasteiger partial charge in [0.05, 0.1) is 0 Å². The van der Waals surface area contributed by atoms with Crippen LogP contribution in [0.3, 0.4) is 0 Å². The molecule has 6 nitrogen and oxygen atoms in total. The molecule has 0 saturated carbocycles. The first-order valence-electron chi connectivity index (χ1n) is 4.37. The van der Waals surface area contributed by atoms with E-state index in [2.05, 4.69) is 20.7 Å². The molecule has 0 aliphatic heterocycles. The molecule has 4 N–H and O–H groups in total. The van der Waals surface area contributed by atoms with Crippen LogP contribution >= 0.6 is 0 Å². The van der Waals surface area contributed by atoms with Gasteiger partial charge in [0.15, 0.2) is 5.82 Å². The lowest BCUT2D eigenvalue weighted by molar-refractivity contribution is 0.178. The van der Waals surface area contributed by atoms with Crippen molar-refractivity contribution in [2.24, 2.45) is 5.84 Å². The van der Waals surface area contributed by atoms with E-state index in [1.54, 1.807) is 13.2 Å². The Morgan fingerprint density at radius 2 is 2.14 bits per heavy atom. The highest BCUT2D eigenvalue weighted by atomic mass is 16.5. The Kier molecular flexibility index (Phi) is 4.09. The topological polar surface area (TPSA) is 85.1 Å². The second-order valence-corrected chi connectivity index (χ2v) is 2.66. The number of nitrogens with one attached hydrogen (secondary N) is 2. The zero-order chi connectivity index (χ0) is 10.4. The monoisotopic (exact) mass is 197 g/mol. The van der Waals surface area contributed by atoms with Crippen LogP contribution in [0.2, 0.25) is 0 Å². The molecule has 0 radical (unpaired) electrons. The summed E-state index contributed by atoms with van der Waals surface area (Å²) in [5.74, 6) is 7.18. The summed E-state index contributed by atoms with van der Waals surface area (Å²) in [6.45, 7) is 3.16. The number of nitrogens with two attached hydrogens (primary N) is 1. The number of aromatic nitrogens is 2. The Hall–Kier alpha value is -1.40. The van der Waals surface area contributed by atoms with Crippen LogP contribution in [0, 0.1) is 0 Å². The molecule has 1 aromatic heterocycles. The molecule has 6 heteroatoms. The van der Waals surface area contributed by atoms with E-state index in [1.165, 1.54) is 0 Å². The minimum Gasteiger partial charge on any atom is -0.377 e. The van der Waals surface area contributed by atoms with Gasteiger partial charge in [-0.05, 0) is 6.92 Å². The fourth-order valence-corrected chi connectivity index (χ4v) is 1.04. The zero-order valence-corrected chi connectivity index (χ0v) is 8.37. The highest BCUT2D eigenvalue weighted by Crippen LogP contribution is 2.10. The third kappa shape index (κ3) is 2.82. The molecular weight excluding hydrogens is 182 g/mol. The SMILES string of the molecule is CCNc1cc(NN)nc(COC)n1. The molecule has 0 bridgehead atoms. The van der Waals surface area contributed by atoms with Gasteiger partial charge in [-0.15, -0.1) is 0 Å². The summed E-state index contributed by atoms with van der Waals surface area (Å²) in [5.41, 5.74) is 2.48. The van der Waals surface area contributed by atoms with Crippen molar-refractivity contribution >= 4 is 11.6 Å². The maximum atomic E-state index is 5.27. The van der Waals surface area contributed by atoms with Crippen LogP contribution in [0.1, 0.15) is 12.7 Å². The van der Waals surface area contributed by atoms with Crippen LogP contribution in [0.15, 0.2) is 6.07 Å². The van der Waals surface area contributed by atoms with E-state index in [9.17, 15) is 0 Å². The fourth-order valence-electron chi connectivity index (χ4n) is 1.04. The van der Waals surface area contributed by atoms with Crippen molar-refractivity contribution in [2.45, 2.75) is 13.5 Å². The summed E-state index contributed by atoms with van der Waals surface area (Å²) in [7, 11) is 1.60. The van der Waals surface area contributed by atoms with Gasteiger partial charge in [0.1, 0.15) is 18.2 Å². The largest absolute Gasteiger partial charge is 0.377 e. The van der Waals surface area contributed by atoms with Gasteiger partial charge >= 0.3 is 0 Å². The van der Waals surface area contributed by atoms with Gasteiger partial charge in [-0.1, -0.05) is 0 Å². The number of anilines is 2. The number of hydrogen-bond donors (Lipinski definition) is 3. The zero-order valence-electron chi connectivity index (χ0n) is 8.37. The molecular formula is C8H15N5O. The summed E-state index contributed by atoms with van der Waals surface area (Å²) in [5, 5.41) is 3.08. The third-order valence-electron chi connectivity index (χ3n) is 1.55. The van der Waals surface area contributed by atoms with Crippen LogP contribution in [-0.4, -0.2) is 23.6 Å². The Balaban J connectivity index is 2.88. The van der Waals surface area contributed by atoms with Crippen LogP contribution in [0.25, 0.3) is 0 Å². The lowest BCUT2D eigenvalue weighted by Crippen LogP contribution is -2.12. The van der Waals surface area contributed by atoms with Gasteiger partial charge in [-0.3, -0.25) is 0 Å². The second-order valence-electron chi connectivity index (χ2n) is 2.66. The van der Waals surface area contributed by atoms with Gasteiger partial charge in [0, 0.05) is 19.7 Å². The van der Waals surface area contributed by atoms with Gasteiger partial charge < -0.3 is 15.5 Å². The predicted molar refractivity (Wildman–Crippen MR) is 54.7 cm³/mol. The minimum absolute atomic E-state index is 0.369. The number of hydrazine groups is 1. The fraction of sp³-hybridized carbons (Fsp3) is 0.500. The van der Waals surface area contributed by atoms with Gasteiger partial charge in [0.25, 0.3) is 0 Å². The summed E-state index contributed by atoms with van der Waals surface area (Å²) in [4.78, 5) is 8.33. The maximum absolute atomic E-state index is 5.27. The molecule has 0 atom stereocenters. The van der Waals surface area contributed by atoms with Crippen molar-refractivity contribution in [1.82, 2.24) is 9.97 Å². The van der Waals surface area contributed by atoms with E-state index in [1.807, 2.05) is 6.92 Å². The number of nitrogen functional groups attached to an aromatic ring is 1. The van der Waals surface area contributed by atoms with Crippen LogP contribution < -0.4 is 16.6 Å². The van der Waals surface area contributed by atoms with Crippen LogP contribution in [-0.2, 0) is 11.3 Å². The van der Waals surface area contributed by atoms with Crippen molar-refractivity contribution in [1.29, 1.82) is 0 Å². The van der Waals surface area contributed by atoms with Gasteiger partial charge in [-0.25, -0.2) is 15.8 Å². The normalized spacial score (nSPS) is 9.93. The lowest BCUT2D eigenvalue weighted by atomic mass is 10.5. The molecule has 0 amide bonds. The van der Waals surface area contributed by atoms with Crippen molar-refractivity contribution in [3.8, 4) is 0 Å². The Bertz CT molecular complexity index is 267. The van der Waals surface area contributed by atoms with Gasteiger partial charge in [-0.2, -0.15) is 0 Å². The quantitative estimate of drug-likeness (QED) is 0.466. The Morgan fingerprint density at radius 3 is 2.71 bits per heavy atom. The van der Waals surface area contributed by atoms with Crippen molar-refractivity contribution < 1.29 is 4.74 Å². The average molecular weight is 197 g/mol. The molecule has 78 valence electrons. The average Bonchev–Trinajstić information content (AvgIpc) is 2.18. The first kappa shape index (κ1) is 10.7. The van der Waals surface area contributed by atoms with E-state index in [4.69, 9.17) is 10.6 Å². The molecule has 0 aromatic carbocycles. The van der Waals surface area contributed by atoms with E-state index in [-0.39, 0.29) is 0 Å². The smallest absolute Gasteiger partial charge is 0.158 e. The van der Waals surface area contributed by atoms with Gasteiger partial charge in [0.2, 0.25) is 0 Å². The highest BCUT2D eigenvalue weighted by molar-refractivity contribution is 5.46. The number of nitrogens with zero attached hydrogens (tertiary/aromatic N) is 2. The molecule has 1 rings (SSSR count). The van der Waals surface area contributed by atoms with E-state index >= 15 is 0 Å². The summed E-state index contributed by atoms with van der Waals surface area (Å²) < 4.78 is 4.94. The number of rotatable bonds is 5. The Labute approximate surface area is 82.9 Å². The van der Waals surface area contributed by atoms with E-state index in [0.29, 0.717) is 18.2 Å². The van der Waals surface area contributed by atoms with Crippen LogP contribution in [0.5, 0.6) is 0 Å². The summed E-state index contributed by atoms with van der Waals surface area (Å²) in [6.07, 6.45) is 0. The van der Waals surface area contributed by atoms with Crippen molar-refractivity contribution in [2.75, 3.05) is 24.4 Å². The lowest BCUT2D eigenvalue weighted by Gasteiger charge is -2.07. The number of ether oxygens (including phenoxy) is 1. The molecule has 14 heavy (non-hydrogen) atoms. The summed E-state index contributed by atoms with van der Waals surface area (Å²) >= 11 is 0. The molecule has 0 fully saturated rings. The first-order valence-corrected chi connectivity index (χ1v) is 4.37. The highest BCUT2D eigenvalue weighted by Gasteiger charge is 2.02. The molecule has 1 heterocycles. The van der Waals surface area contributed by atoms with Crippen LogP contribution in [0.4, 0.5) is 11.6 Å². The standard InChI is InChI=1S/C8H15N5O/c1-3-10-6-4-7(13-9)12-8(11-6)5-14-2/h4H,3,5,9H2,1-2H3,(H2,10,11,12,13). The first-order chi connectivity index (χ1) is 6.80. The van der Waals surface area contributed by atoms with Crippen molar-refractivity contribution in [3.63, 3.8) is 0 Å². The number of methoxy groups -OCH3 is 1. The molecule has 0 aliphatic rings. The molecule has 1 aromatic rings. The summed E-state index contributed by atoms with van der Waals surface area (Å²) in [6, 6.07) is 1.74. The number of hydrogen-bond acceptors (Lipinski definition) is 6. The molecule has 0 unspecified atom stereocenters. The van der Waals surface area contributed by atoms with E-state index in [0.717, 1.165) is 12.4 Å².